The van der Waals surface area contributed by atoms with E-state index in [1.165, 1.54) is 11.1 Å². The Hall–Kier alpha value is -2.30. The number of benzene rings is 1. The van der Waals surface area contributed by atoms with E-state index in [4.69, 9.17) is 0 Å². The van der Waals surface area contributed by atoms with E-state index in [0.717, 1.165) is 18.4 Å². The highest BCUT2D eigenvalue weighted by molar-refractivity contribution is 5.75. The maximum atomic E-state index is 12.1. The van der Waals surface area contributed by atoms with Crippen molar-refractivity contribution < 1.29 is 4.79 Å². The van der Waals surface area contributed by atoms with Crippen molar-refractivity contribution in [3.05, 3.63) is 53.3 Å². The molecule has 5 nitrogen and oxygen atoms in total. The van der Waals surface area contributed by atoms with E-state index in [1.807, 2.05) is 32.3 Å². The number of fused-ring (bicyclic) bond motifs is 1. The largest absolute Gasteiger partial charge is 0.335 e. The van der Waals surface area contributed by atoms with Gasteiger partial charge >= 0.3 is 6.03 Å². The standard InChI is InChI=1S/C16H20N4O/c1-11(14-9-17-20(2)10-14)18-16(21)19-15-7-12-5-3-4-6-13(12)8-15/h3-6,9-11,15H,7-8H2,1-2H3,(H2,18,19,21). The lowest BCUT2D eigenvalue weighted by atomic mass is 10.1. The van der Waals surface area contributed by atoms with Gasteiger partial charge in [0.1, 0.15) is 0 Å². The van der Waals surface area contributed by atoms with Gasteiger partial charge in [-0.05, 0) is 30.9 Å². The summed E-state index contributed by atoms with van der Waals surface area (Å²) < 4.78 is 1.74. The number of rotatable bonds is 3. The molecule has 2 aromatic rings. The summed E-state index contributed by atoms with van der Waals surface area (Å²) in [4.78, 5) is 12.1. The Kier molecular flexibility index (Phi) is 3.64. The first-order valence-corrected chi connectivity index (χ1v) is 7.24. The number of carbonyl (C=O) groups is 1. The summed E-state index contributed by atoms with van der Waals surface area (Å²) in [6.45, 7) is 1.96. The Morgan fingerprint density at radius 2 is 2.00 bits per heavy atom. The number of urea groups is 1. The van der Waals surface area contributed by atoms with Crippen molar-refractivity contribution in [2.75, 3.05) is 0 Å². The zero-order valence-corrected chi connectivity index (χ0v) is 12.3. The molecule has 3 rings (SSSR count). The van der Waals surface area contributed by atoms with Gasteiger partial charge in [0.25, 0.3) is 0 Å². The first kappa shape index (κ1) is 13.7. The van der Waals surface area contributed by atoms with Gasteiger partial charge in [0.05, 0.1) is 12.2 Å². The predicted molar refractivity (Wildman–Crippen MR) is 80.9 cm³/mol. The maximum Gasteiger partial charge on any atom is 0.315 e. The SMILES string of the molecule is CC(NC(=O)NC1Cc2ccccc2C1)c1cnn(C)c1. The maximum absolute atomic E-state index is 12.1. The number of hydrogen-bond donors (Lipinski definition) is 2. The Balaban J connectivity index is 1.54. The van der Waals surface area contributed by atoms with Crippen LogP contribution in [0.3, 0.4) is 0 Å². The summed E-state index contributed by atoms with van der Waals surface area (Å²) in [5.41, 5.74) is 3.67. The second kappa shape index (κ2) is 5.60. The number of nitrogens with zero attached hydrogens (tertiary/aromatic N) is 2. The van der Waals surface area contributed by atoms with E-state index in [1.54, 1.807) is 10.9 Å². The number of aromatic nitrogens is 2. The molecule has 0 bridgehead atoms. The summed E-state index contributed by atoms with van der Waals surface area (Å²) in [5.74, 6) is 0. The van der Waals surface area contributed by atoms with Crippen LogP contribution in [-0.4, -0.2) is 21.9 Å². The summed E-state index contributed by atoms with van der Waals surface area (Å²) >= 11 is 0. The highest BCUT2D eigenvalue weighted by atomic mass is 16.2. The highest BCUT2D eigenvalue weighted by Gasteiger charge is 2.23. The minimum Gasteiger partial charge on any atom is -0.335 e. The molecule has 1 heterocycles. The summed E-state index contributed by atoms with van der Waals surface area (Å²) in [5, 5.41) is 10.1. The van der Waals surface area contributed by atoms with Gasteiger partial charge in [-0.15, -0.1) is 0 Å². The predicted octanol–water partition coefficient (Wildman–Crippen LogP) is 1.95. The van der Waals surface area contributed by atoms with Crippen LogP contribution >= 0.6 is 0 Å². The Morgan fingerprint density at radius 3 is 2.57 bits per heavy atom. The van der Waals surface area contributed by atoms with Crippen molar-refractivity contribution in [1.29, 1.82) is 0 Å². The molecule has 2 N–H and O–H groups in total. The van der Waals surface area contributed by atoms with E-state index in [2.05, 4.69) is 27.9 Å². The van der Waals surface area contributed by atoms with Crippen molar-refractivity contribution >= 4 is 6.03 Å². The van der Waals surface area contributed by atoms with Gasteiger partial charge in [-0.1, -0.05) is 24.3 Å². The Bertz CT molecular complexity index is 624. The molecule has 0 saturated carbocycles. The second-order valence-corrected chi connectivity index (χ2v) is 5.66. The van der Waals surface area contributed by atoms with Crippen molar-refractivity contribution in [1.82, 2.24) is 20.4 Å². The van der Waals surface area contributed by atoms with Gasteiger partial charge in [-0.2, -0.15) is 5.10 Å². The van der Waals surface area contributed by atoms with Crippen LogP contribution in [-0.2, 0) is 19.9 Å². The molecular weight excluding hydrogens is 264 g/mol. The van der Waals surface area contributed by atoms with Crippen LogP contribution in [0.2, 0.25) is 0 Å². The lowest BCUT2D eigenvalue weighted by Crippen LogP contribution is -2.43. The molecule has 5 heteroatoms. The third-order valence-corrected chi connectivity index (χ3v) is 3.96. The van der Waals surface area contributed by atoms with Gasteiger partial charge < -0.3 is 10.6 Å². The zero-order valence-electron chi connectivity index (χ0n) is 12.3. The number of hydrogen-bond acceptors (Lipinski definition) is 2. The van der Waals surface area contributed by atoms with Crippen LogP contribution < -0.4 is 10.6 Å². The van der Waals surface area contributed by atoms with Gasteiger partial charge in [0, 0.05) is 24.8 Å². The zero-order chi connectivity index (χ0) is 14.8. The van der Waals surface area contributed by atoms with Crippen LogP contribution in [0.1, 0.15) is 29.7 Å². The van der Waals surface area contributed by atoms with Crippen LogP contribution in [0.5, 0.6) is 0 Å². The van der Waals surface area contributed by atoms with Crippen molar-refractivity contribution in [2.24, 2.45) is 7.05 Å². The van der Waals surface area contributed by atoms with E-state index in [-0.39, 0.29) is 18.1 Å². The molecule has 0 spiro atoms. The van der Waals surface area contributed by atoms with Crippen molar-refractivity contribution in [3.63, 3.8) is 0 Å². The van der Waals surface area contributed by atoms with E-state index < -0.39 is 0 Å². The molecule has 1 aliphatic rings. The lowest BCUT2D eigenvalue weighted by molar-refractivity contribution is 0.234. The van der Waals surface area contributed by atoms with Gasteiger partial charge in [0.2, 0.25) is 0 Å². The number of nitrogens with one attached hydrogen (secondary N) is 2. The first-order chi connectivity index (χ1) is 10.1. The quantitative estimate of drug-likeness (QED) is 0.905. The van der Waals surface area contributed by atoms with Crippen LogP contribution in [0.25, 0.3) is 0 Å². The molecule has 1 aromatic carbocycles. The average molecular weight is 284 g/mol. The topological polar surface area (TPSA) is 59.0 Å². The van der Waals surface area contributed by atoms with Crippen LogP contribution in [0.15, 0.2) is 36.7 Å². The molecule has 0 radical (unpaired) electrons. The highest BCUT2D eigenvalue weighted by Crippen LogP contribution is 2.21. The molecule has 21 heavy (non-hydrogen) atoms. The van der Waals surface area contributed by atoms with E-state index in [0.29, 0.717) is 0 Å². The summed E-state index contributed by atoms with van der Waals surface area (Å²) in [6, 6.07) is 8.37. The second-order valence-electron chi connectivity index (χ2n) is 5.66. The fraction of sp³-hybridized carbons (Fsp3) is 0.375. The minimum atomic E-state index is -0.121. The van der Waals surface area contributed by atoms with Crippen molar-refractivity contribution in [3.8, 4) is 0 Å². The fourth-order valence-electron chi connectivity index (χ4n) is 2.83. The third-order valence-electron chi connectivity index (χ3n) is 3.96. The summed E-state index contributed by atoms with van der Waals surface area (Å²) in [7, 11) is 1.87. The van der Waals surface area contributed by atoms with Gasteiger partial charge in [0.15, 0.2) is 0 Å². The number of aryl methyl sites for hydroxylation is 1. The molecule has 110 valence electrons. The molecule has 1 aromatic heterocycles. The molecule has 0 fully saturated rings. The summed E-state index contributed by atoms with van der Waals surface area (Å²) in [6.07, 6.45) is 5.50. The number of carbonyl (C=O) groups excluding carboxylic acids is 1. The van der Waals surface area contributed by atoms with Crippen molar-refractivity contribution in [2.45, 2.75) is 31.8 Å². The number of amides is 2. The average Bonchev–Trinajstić information content (AvgIpc) is 3.03. The minimum absolute atomic E-state index is 0.0533. The molecule has 1 unspecified atom stereocenters. The molecule has 1 aliphatic carbocycles. The monoisotopic (exact) mass is 284 g/mol. The fourth-order valence-corrected chi connectivity index (χ4v) is 2.83. The molecule has 1 atom stereocenters. The normalized spacial score (nSPS) is 15.5. The smallest absolute Gasteiger partial charge is 0.315 e. The lowest BCUT2D eigenvalue weighted by Gasteiger charge is -2.16. The van der Waals surface area contributed by atoms with E-state index in [9.17, 15) is 4.79 Å². The van der Waals surface area contributed by atoms with Crippen LogP contribution in [0.4, 0.5) is 4.79 Å². The van der Waals surface area contributed by atoms with E-state index >= 15 is 0 Å². The molecular formula is C16H20N4O. The van der Waals surface area contributed by atoms with Crippen LogP contribution in [0, 0.1) is 0 Å². The molecule has 0 saturated heterocycles. The Labute approximate surface area is 124 Å². The Morgan fingerprint density at radius 1 is 1.33 bits per heavy atom. The van der Waals surface area contributed by atoms with Gasteiger partial charge in [-0.3, -0.25) is 4.68 Å². The molecule has 2 amide bonds. The third kappa shape index (κ3) is 3.07. The first-order valence-electron chi connectivity index (χ1n) is 7.24. The van der Waals surface area contributed by atoms with Gasteiger partial charge in [-0.25, -0.2) is 4.79 Å². The molecule has 0 aliphatic heterocycles.